The molecule has 1 unspecified atom stereocenters. The minimum atomic E-state index is -0.778. The Morgan fingerprint density at radius 3 is 2.29 bits per heavy atom. The summed E-state index contributed by atoms with van der Waals surface area (Å²) in [7, 11) is 0. The predicted octanol–water partition coefficient (Wildman–Crippen LogP) is 2.10. The second-order valence-electron chi connectivity index (χ2n) is 5.34. The van der Waals surface area contributed by atoms with Crippen LogP contribution in [0.4, 0.5) is 0 Å². The van der Waals surface area contributed by atoms with E-state index in [1.54, 1.807) is 0 Å². The molecule has 4 nitrogen and oxygen atoms in total. The standard InChI is InChI=1S/C17H29N3O/c1-4-13-19-17(16(18)21,12-14-20(5-2)6-3)15-10-8-7-9-11-15/h7-11,19H,4-6,12-14H2,1-3H3,(H2,18,21). The predicted molar refractivity (Wildman–Crippen MR) is 88.0 cm³/mol. The van der Waals surface area contributed by atoms with E-state index in [0.29, 0.717) is 6.42 Å². The molecular weight excluding hydrogens is 262 g/mol. The molecule has 1 aromatic carbocycles. The zero-order valence-electron chi connectivity index (χ0n) is 13.6. The zero-order chi connectivity index (χ0) is 15.7. The number of nitrogens with zero attached hydrogens (tertiary/aromatic N) is 1. The number of amides is 1. The first-order chi connectivity index (χ1) is 10.1. The fourth-order valence-corrected chi connectivity index (χ4v) is 2.61. The smallest absolute Gasteiger partial charge is 0.242 e. The van der Waals surface area contributed by atoms with E-state index >= 15 is 0 Å². The van der Waals surface area contributed by atoms with Gasteiger partial charge in [0.05, 0.1) is 0 Å². The minimum absolute atomic E-state index is 0.297. The molecule has 0 aliphatic rings. The normalized spacial score (nSPS) is 14.1. The monoisotopic (exact) mass is 291 g/mol. The molecule has 1 aromatic rings. The Balaban J connectivity index is 3.04. The largest absolute Gasteiger partial charge is 0.368 e. The molecule has 0 aromatic heterocycles. The van der Waals surface area contributed by atoms with Crippen molar-refractivity contribution in [3.63, 3.8) is 0 Å². The van der Waals surface area contributed by atoms with Gasteiger partial charge in [0.15, 0.2) is 0 Å². The summed E-state index contributed by atoms with van der Waals surface area (Å²) in [5.74, 6) is -0.297. The summed E-state index contributed by atoms with van der Waals surface area (Å²) >= 11 is 0. The Bertz CT molecular complexity index is 417. The lowest BCUT2D eigenvalue weighted by Crippen LogP contribution is -2.54. The van der Waals surface area contributed by atoms with Crippen molar-refractivity contribution < 1.29 is 4.79 Å². The number of nitrogens with two attached hydrogens (primary N) is 1. The highest BCUT2D eigenvalue weighted by atomic mass is 16.1. The van der Waals surface area contributed by atoms with Crippen LogP contribution < -0.4 is 11.1 Å². The van der Waals surface area contributed by atoms with Crippen LogP contribution in [-0.2, 0) is 10.3 Å². The third-order valence-electron chi connectivity index (χ3n) is 4.06. The Morgan fingerprint density at radius 1 is 1.19 bits per heavy atom. The van der Waals surface area contributed by atoms with Gasteiger partial charge in [0, 0.05) is 6.54 Å². The van der Waals surface area contributed by atoms with Crippen LogP contribution in [0, 0.1) is 0 Å². The van der Waals surface area contributed by atoms with Crippen LogP contribution in [-0.4, -0.2) is 37.0 Å². The molecule has 1 rings (SSSR count). The molecule has 0 saturated heterocycles. The molecule has 1 atom stereocenters. The number of hydrogen-bond donors (Lipinski definition) is 2. The van der Waals surface area contributed by atoms with Crippen molar-refractivity contribution in [3.05, 3.63) is 35.9 Å². The van der Waals surface area contributed by atoms with Crippen LogP contribution in [0.2, 0.25) is 0 Å². The Labute approximate surface area is 128 Å². The topological polar surface area (TPSA) is 58.4 Å². The Hall–Kier alpha value is -1.39. The molecule has 3 N–H and O–H groups in total. The van der Waals surface area contributed by atoms with E-state index in [0.717, 1.165) is 38.2 Å². The number of nitrogens with one attached hydrogen (secondary N) is 1. The van der Waals surface area contributed by atoms with Gasteiger partial charge in [0.25, 0.3) is 0 Å². The first-order valence-corrected chi connectivity index (χ1v) is 7.93. The van der Waals surface area contributed by atoms with Gasteiger partial charge in [-0.3, -0.25) is 10.1 Å². The summed E-state index contributed by atoms with van der Waals surface area (Å²) in [6.45, 7) is 9.95. The molecule has 0 aliphatic heterocycles. The number of carbonyl (C=O) groups excluding carboxylic acids is 1. The number of rotatable bonds is 10. The van der Waals surface area contributed by atoms with Crippen LogP contribution in [0.1, 0.15) is 39.2 Å². The number of carbonyl (C=O) groups is 1. The molecule has 0 radical (unpaired) electrons. The quantitative estimate of drug-likeness (QED) is 0.694. The van der Waals surface area contributed by atoms with Crippen LogP contribution in [0.3, 0.4) is 0 Å². The molecule has 0 heterocycles. The first-order valence-electron chi connectivity index (χ1n) is 7.93. The summed E-state index contributed by atoms with van der Waals surface area (Å²) < 4.78 is 0. The Morgan fingerprint density at radius 2 is 1.81 bits per heavy atom. The van der Waals surface area contributed by atoms with Crippen molar-refractivity contribution in [1.29, 1.82) is 0 Å². The fourth-order valence-electron chi connectivity index (χ4n) is 2.61. The van der Waals surface area contributed by atoms with Crippen LogP contribution >= 0.6 is 0 Å². The molecule has 0 spiro atoms. The first kappa shape index (κ1) is 17.7. The molecule has 0 fully saturated rings. The molecule has 0 bridgehead atoms. The minimum Gasteiger partial charge on any atom is -0.368 e. The van der Waals surface area contributed by atoms with Crippen molar-refractivity contribution in [3.8, 4) is 0 Å². The van der Waals surface area contributed by atoms with Crippen LogP contribution in [0.15, 0.2) is 30.3 Å². The van der Waals surface area contributed by atoms with Gasteiger partial charge in [0.1, 0.15) is 5.54 Å². The SMILES string of the molecule is CCCNC(CCN(CC)CC)(C(N)=O)c1ccccc1. The number of benzene rings is 1. The lowest BCUT2D eigenvalue weighted by atomic mass is 9.85. The molecular formula is C17H29N3O. The lowest BCUT2D eigenvalue weighted by Gasteiger charge is -2.34. The Kier molecular flexibility index (Phi) is 7.40. The molecule has 0 saturated carbocycles. The summed E-state index contributed by atoms with van der Waals surface area (Å²) in [6.07, 6.45) is 1.65. The summed E-state index contributed by atoms with van der Waals surface area (Å²) in [5, 5.41) is 3.40. The van der Waals surface area contributed by atoms with Crippen molar-refractivity contribution in [2.45, 2.75) is 39.2 Å². The maximum absolute atomic E-state index is 12.3. The van der Waals surface area contributed by atoms with E-state index < -0.39 is 5.54 Å². The maximum Gasteiger partial charge on any atom is 0.242 e. The van der Waals surface area contributed by atoms with E-state index in [2.05, 4.69) is 31.0 Å². The second-order valence-corrected chi connectivity index (χ2v) is 5.34. The number of hydrogen-bond acceptors (Lipinski definition) is 3. The van der Waals surface area contributed by atoms with E-state index in [9.17, 15) is 4.79 Å². The molecule has 1 amide bonds. The second kappa shape index (κ2) is 8.80. The van der Waals surface area contributed by atoms with Crippen molar-refractivity contribution in [1.82, 2.24) is 10.2 Å². The van der Waals surface area contributed by atoms with Gasteiger partial charge < -0.3 is 10.6 Å². The van der Waals surface area contributed by atoms with Crippen molar-refractivity contribution in [2.24, 2.45) is 5.73 Å². The van der Waals surface area contributed by atoms with Crippen molar-refractivity contribution in [2.75, 3.05) is 26.2 Å². The highest BCUT2D eigenvalue weighted by Gasteiger charge is 2.37. The van der Waals surface area contributed by atoms with E-state index in [4.69, 9.17) is 5.73 Å². The zero-order valence-corrected chi connectivity index (χ0v) is 13.6. The maximum atomic E-state index is 12.3. The molecule has 4 heteroatoms. The molecule has 0 aliphatic carbocycles. The van der Waals surface area contributed by atoms with Gasteiger partial charge in [-0.25, -0.2) is 0 Å². The van der Waals surface area contributed by atoms with Crippen LogP contribution in [0.25, 0.3) is 0 Å². The van der Waals surface area contributed by atoms with Gasteiger partial charge >= 0.3 is 0 Å². The summed E-state index contributed by atoms with van der Waals surface area (Å²) in [6, 6.07) is 9.83. The third-order valence-corrected chi connectivity index (χ3v) is 4.06. The van der Waals surface area contributed by atoms with E-state index in [1.165, 1.54) is 0 Å². The molecule has 21 heavy (non-hydrogen) atoms. The van der Waals surface area contributed by atoms with Gasteiger partial charge in [-0.05, 0) is 38.0 Å². The summed E-state index contributed by atoms with van der Waals surface area (Å²) in [5.41, 5.74) is 5.97. The van der Waals surface area contributed by atoms with Gasteiger partial charge in [-0.1, -0.05) is 51.1 Å². The van der Waals surface area contributed by atoms with E-state index in [1.807, 2.05) is 30.3 Å². The fraction of sp³-hybridized carbons (Fsp3) is 0.588. The van der Waals surface area contributed by atoms with E-state index in [-0.39, 0.29) is 5.91 Å². The highest BCUT2D eigenvalue weighted by Crippen LogP contribution is 2.25. The molecule has 118 valence electrons. The average molecular weight is 291 g/mol. The summed E-state index contributed by atoms with van der Waals surface area (Å²) in [4.78, 5) is 14.6. The lowest BCUT2D eigenvalue weighted by molar-refractivity contribution is -0.125. The van der Waals surface area contributed by atoms with Gasteiger partial charge in [-0.2, -0.15) is 0 Å². The highest BCUT2D eigenvalue weighted by molar-refractivity contribution is 5.86. The van der Waals surface area contributed by atoms with Crippen molar-refractivity contribution >= 4 is 5.91 Å². The number of primary amides is 1. The third kappa shape index (κ3) is 4.55. The average Bonchev–Trinajstić information content (AvgIpc) is 2.52. The van der Waals surface area contributed by atoms with Gasteiger partial charge in [-0.15, -0.1) is 0 Å². The van der Waals surface area contributed by atoms with Gasteiger partial charge in [0.2, 0.25) is 5.91 Å². The van der Waals surface area contributed by atoms with Crippen LogP contribution in [0.5, 0.6) is 0 Å².